The average molecular weight is 411 g/mol. The molecule has 1 saturated heterocycles. The van der Waals surface area contributed by atoms with E-state index in [0.717, 1.165) is 18.4 Å². The second kappa shape index (κ2) is 8.52. The summed E-state index contributed by atoms with van der Waals surface area (Å²) in [6, 6.07) is 8.75. The van der Waals surface area contributed by atoms with Crippen LogP contribution in [0.2, 0.25) is 0 Å². The molecule has 1 aliphatic carbocycles. The summed E-state index contributed by atoms with van der Waals surface area (Å²) in [4.78, 5) is 32.0. The van der Waals surface area contributed by atoms with Gasteiger partial charge in [-0.15, -0.1) is 0 Å². The Morgan fingerprint density at radius 2 is 2.00 bits per heavy atom. The first-order valence-electron chi connectivity index (χ1n) is 10.4. The van der Waals surface area contributed by atoms with E-state index in [9.17, 15) is 14.0 Å². The average Bonchev–Trinajstić information content (AvgIpc) is 3.14. The van der Waals surface area contributed by atoms with Gasteiger partial charge in [0.1, 0.15) is 17.6 Å². The van der Waals surface area contributed by atoms with Gasteiger partial charge in [0.15, 0.2) is 0 Å². The molecule has 1 aromatic carbocycles. The van der Waals surface area contributed by atoms with Gasteiger partial charge in [-0.1, -0.05) is 25.1 Å². The lowest BCUT2D eigenvalue weighted by atomic mass is 9.83. The van der Waals surface area contributed by atoms with E-state index in [1.807, 2.05) is 6.07 Å². The van der Waals surface area contributed by atoms with Gasteiger partial charge in [0, 0.05) is 18.9 Å². The summed E-state index contributed by atoms with van der Waals surface area (Å²) < 4.78 is 20.5. The standard InChI is InChI=1S/C23H26FN3O3/c1-16-8-10-23(11-9-16)27(22(29)18-6-2-3-7-19(18)24)20(15-30-23)21(28)26-14-17-5-4-12-25-13-17/h2-7,12-13,16,20H,8-11,14-15H2,1H3,(H,26,28)/t16?,20-,23?/m0/s1. The van der Waals surface area contributed by atoms with Gasteiger partial charge in [-0.05, 0) is 55.4 Å². The van der Waals surface area contributed by atoms with Gasteiger partial charge in [0.05, 0.1) is 12.2 Å². The Kier molecular flexibility index (Phi) is 5.81. The molecule has 1 spiro atoms. The van der Waals surface area contributed by atoms with Crippen molar-refractivity contribution in [2.24, 2.45) is 5.92 Å². The number of nitrogens with zero attached hydrogens (tertiary/aromatic N) is 2. The number of amides is 2. The minimum absolute atomic E-state index is 0.0361. The van der Waals surface area contributed by atoms with Gasteiger partial charge < -0.3 is 10.1 Å². The third-order valence-corrected chi connectivity index (χ3v) is 6.13. The third-order valence-electron chi connectivity index (χ3n) is 6.13. The molecule has 4 rings (SSSR count). The lowest BCUT2D eigenvalue weighted by Gasteiger charge is -2.43. The maximum atomic E-state index is 14.4. The maximum Gasteiger partial charge on any atom is 0.259 e. The van der Waals surface area contributed by atoms with Crippen molar-refractivity contribution in [3.63, 3.8) is 0 Å². The lowest BCUT2D eigenvalue weighted by Crippen LogP contribution is -2.56. The Morgan fingerprint density at radius 3 is 2.70 bits per heavy atom. The van der Waals surface area contributed by atoms with Gasteiger partial charge in [-0.2, -0.15) is 0 Å². The molecule has 0 unspecified atom stereocenters. The van der Waals surface area contributed by atoms with Crippen molar-refractivity contribution in [3.05, 3.63) is 65.7 Å². The number of carbonyl (C=O) groups excluding carboxylic acids is 2. The van der Waals surface area contributed by atoms with Crippen molar-refractivity contribution in [2.45, 2.75) is 50.9 Å². The van der Waals surface area contributed by atoms with Crippen molar-refractivity contribution in [3.8, 4) is 0 Å². The normalized spacial score (nSPS) is 26.0. The topological polar surface area (TPSA) is 71.5 Å². The number of pyridine rings is 1. The molecule has 2 aromatic rings. The minimum Gasteiger partial charge on any atom is -0.353 e. The molecule has 1 aromatic heterocycles. The van der Waals surface area contributed by atoms with Crippen LogP contribution in [0.3, 0.4) is 0 Å². The first-order chi connectivity index (χ1) is 14.5. The van der Waals surface area contributed by atoms with E-state index in [-0.39, 0.29) is 18.1 Å². The fourth-order valence-electron chi connectivity index (χ4n) is 4.35. The lowest BCUT2D eigenvalue weighted by molar-refractivity contribution is -0.128. The summed E-state index contributed by atoms with van der Waals surface area (Å²) in [7, 11) is 0. The van der Waals surface area contributed by atoms with Gasteiger partial charge in [0.2, 0.25) is 5.91 Å². The van der Waals surface area contributed by atoms with Crippen molar-refractivity contribution in [1.29, 1.82) is 0 Å². The van der Waals surface area contributed by atoms with Crippen LogP contribution in [0.5, 0.6) is 0 Å². The molecule has 1 N–H and O–H groups in total. The molecule has 2 heterocycles. The number of carbonyl (C=O) groups is 2. The predicted octanol–water partition coefficient (Wildman–Crippen LogP) is 3.28. The van der Waals surface area contributed by atoms with E-state index in [2.05, 4.69) is 17.2 Å². The second-order valence-corrected chi connectivity index (χ2v) is 8.19. The number of aromatic nitrogens is 1. The number of hydrogen-bond acceptors (Lipinski definition) is 4. The van der Waals surface area contributed by atoms with Gasteiger partial charge >= 0.3 is 0 Å². The third kappa shape index (κ3) is 3.94. The SMILES string of the molecule is CC1CCC2(CC1)OC[C@@H](C(=O)NCc1cccnc1)N2C(=O)c1ccccc1F. The molecule has 6 nitrogen and oxygen atoms in total. The fraction of sp³-hybridized carbons (Fsp3) is 0.435. The van der Waals surface area contributed by atoms with Crippen LogP contribution in [0.15, 0.2) is 48.8 Å². The van der Waals surface area contributed by atoms with Crippen molar-refractivity contribution in [1.82, 2.24) is 15.2 Å². The highest BCUT2D eigenvalue weighted by molar-refractivity contribution is 5.98. The minimum atomic E-state index is -0.859. The maximum absolute atomic E-state index is 14.4. The first kappa shape index (κ1) is 20.5. The van der Waals surface area contributed by atoms with Crippen LogP contribution in [-0.2, 0) is 16.1 Å². The smallest absolute Gasteiger partial charge is 0.259 e. The zero-order valence-electron chi connectivity index (χ0n) is 17.0. The molecule has 30 heavy (non-hydrogen) atoms. The fourth-order valence-corrected chi connectivity index (χ4v) is 4.35. The van der Waals surface area contributed by atoms with E-state index in [0.29, 0.717) is 25.3 Å². The van der Waals surface area contributed by atoms with Crippen LogP contribution in [0.1, 0.15) is 48.5 Å². The number of nitrogens with one attached hydrogen (secondary N) is 1. The highest BCUT2D eigenvalue weighted by atomic mass is 19.1. The zero-order chi connectivity index (χ0) is 21.1. The largest absolute Gasteiger partial charge is 0.353 e. The molecule has 2 aliphatic rings. The monoisotopic (exact) mass is 411 g/mol. The van der Waals surface area contributed by atoms with Gasteiger partial charge in [0.25, 0.3) is 5.91 Å². The molecule has 2 fully saturated rings. The Balaban J connectivity index is 1.59. The number of benzene rings is 1. The number of ether oxygens (including phenoxy) is 1. The summed E-state index contributed by atoms with van der Waals surface area (Å²) in [6.07, 6.45) is 6.41. The zero-order valence-corrected chi connectivity index (χ0v) is 17.0. The van der Waals surface area contributed by atoms with Crippen molar-refractivity contribution in [2.75, 3.05) is 6.61 Å². The number of hydrogen-bond donors (Lipinski definition) is 1. The summed E-state index contributed by atoms with van der Waals surface area (Å²) in [5.41, 5.74) is -0.0358. The molecular weight excluding hydrogens is 385 g/mol. The van der Waals surface area contributed by atoms with Crippen LogP contribution in [0.25, 0.3) is 0 Å². The van der Waals surface area contributed by atoms with Crippen LogP contribution >= 0.6 is 0 Å². The van der Waals surface area contributed by atoms with E-state index in [1.165, 1.54) is 17.0 Å². The number of rotatable bonds is 4. The molecule has 1 aliphatic heterocycles. The Hall–Kier alpha value is -2.80. The Morgan fingerprint density at radius 1 is 1.23 bits per heavy atom. The molecule has 1 atom stereocenters. The predicted molar refractivity (Wildman–Crippen MR) is 109 cm³/mol. The van der Waals surface area contributed by atoms with Crippen LogP contribution in [-0.4, -0.2) is 40.1 Å². The first-order valence-corrected chi connectivity index (χ1v) is 10.4. The molecule has 158 valence electrons. The molecule has 0 radical (unpaired) electrons. The summed E-state index contributed by atoms with van der Waals surface area (Å²) in [6.45, 7) is 2.57. The summed E-state index contributed by atoms with van der Waals surface area (Å²) in [5, 5.41) is 2.88. The Labute approximate surface area is 175 Å². The molecular formula is C23H26FN3O3. The van der Waals surface area contributed by atoms with Gasteiger partial charge in [-0.25, -0.2) is 4.39 Å². The second-order valence-electron chi connectivity index (χ2n) is 8.19. The van der Waals surface area contributed by atoms with E-state index >= 15 is 0 Å². The Bertz CT molecular complexity index is 913. The highest BCUT2D eigenvalue weighted by Gasteiger charge is 2.53. The van der Waals surface area contributed by atoms with Crippen molar-refractivity contribution < 1.29 is 18.7 Å². The van der Waals surface area contributed by atoms with E-state index in [1.54, 1.807) is 30.6 Å². The summed E-state index contributed by atoms with van der Waals surface area (Å²) in [5.74, 6) is -0.868. The molecule has 7 heteroatoms. The van der Waals surface area contributed by atoms with Crippen LogP contribution in [0, 0.1) is 11.7 Å². The molecule has 0 bridgehead atoms. The van der Waals surface area contributed by atoms with E-state index in [4.69, 9.17) is 4.74 Å². The highest BCUT2D eigenvalue weighted by Crippen LogP contribution is 2.43. The van der Waals surface area contributed by atoms with Crippen molar-refractivity contribution >= 4 is 11.8 Å². The van der Waals surface area contributed by atoms with Crippen LogP contribution < -0.4 is 5.32 Å². The molecule has 2 amide bonds. The van der Waals surface area contributed by atoms with Crippen LogP contribution in [0.4, 0.5) is 4.39 Å². The van der Waals surface area contributed by atoms with E-state index < -0.39 is 23.5 Å². The quantitative estimate of drug-likeness (QED) is 0.838. The molecule has 1 saturated carbocycles. The summed E-state index contributed by atoms with van der Waals surface area (Å²) >= 11 is 0. The van der Waals surface area contributed by atoms with Gasteiger partial charge in [-0.3, -0.25) is 19.5 Å². The number of halogens is 1.